The second-order valence-corrected chi connectivity index (χ2v) is 4.79. The molecular formula is C15H23NO4. The fourth-order valence-electron chi connectivity index (χ4n) is 1.65. The van der Waals surface area contributed by atoms with E-state index < -0.39 is 12.1 Å². The highest BCUT2D eigenvalue weighted by Crippen LogP contribution is 2.25. The van der Waals surface area contributed by atoms with Gasteiger partial charge < -0.3 is 19.5 Å². The molecule has 0 aromatic heterocycles. The molecule has 0 heterocycles. The number of nitrogens with one attached hydrogen (secondary N) is 1. The summed E-state index contributed by atoms with van der Waals surface area (Å²) in [5.41, 5.74) is 0.939. The van der Waals surface area contributed by atoms with Crippen LogP contribution in [0.1, 0.15) is 26.3 Å². The summed E-state index contributed by atoms with van der Waals surface area (Å²) in [6, 6.07) is 5.86. The van der Waals surface area contributed by atoms with Crippen molar-refractivity contribution in [2.24, 2.45) is 0 Å². The van der Waals surface area contributed by atoms with Crippen molar-refractivity contribution in [3.63, 3.8) is 0 Å². The number of benzene rings is 1. The fraction of sp³-hybridized carbons (Fsp3) is 0.533. The van der Waals surface area contributed by atoms with Gasteiger partial charge in [-0.25, -0.2) is 4.79 Å². The van der Waals surface area contributed by atoms with Gasteiger partial charge in [-0.15, -0.1) is 0 Å². The first kappa shape index (κ1) is 16.3. The summed E-state index contributed by atoms with van der Waals surface area (Å²) < 4.78 is 15.5. The maximum atomic E-state index is 11.4. The van der Waals surface area contributed by atoms with Gasteiger partial charge in [0.25, 0.3) is 0 Å². The van der Waals surface area contributed by atoms with Crippen molar-refractivity contribution in [3.05, 3.63) is 23.8 Å². The lowest BCUT2D eigenvalue weighted by Crippen LogP contribution is -2.26. The number of ether oxygens (including phenoxy) is 3. The van der Waals surface area contributed by atoms with Gasteiger partial charge in [-0.3, -0.25) is 0 Å². The first-order valence-corrected chi connectivity index (χ1v) is 6.62. The zero-order valence-electron chi connectivity index (χ0n) is 12.7. The molecule has 0 aliphatic rings. The van der Waals surface area contributed by atoms with Crippen LogP contribution in [0.2, 0.25) is 0 Å². The quantitative estimate of drug-likeness (QED) is 0.776. The molecule has 0 radical (unpaired) electrons. The van der Waals surface area contributed by atoms with E-state index in [0.29, 0.717) is 18.3 Å². The molecule has 112 valence electrons. The van der Waals surface area contributed by atoms with Gasteiger partial charge in [0, 0.05) is 18.2 Å². The lowest BCUT2D eigenvalue weighted by atomic mass is 10.1. The van der Waals surface area contributed by atoms with Crippen LogP contribution in [-0.2, 0) is 16.1 Å². The lowest BCUT2D eigenvalue weighted by molar-refractivity contribution is -0.147. The molecule has 1 aromatic carbocycles. The van der Waals surface area contributed by atoms with Crippen molar-refractivity contribution >= 4 is 5.97 Å². The van der Waals surface area contributed by atoms with Crippen LogP contribution >= 0.6 is 0 Å². The Labute approximate surface area is 120 Å². The van der Waals surface area contributed by atoms with Crippen molar-refractivity contribution in [1.82, 2.24) is 5.32 Å². The number of rotatable bonds is 7. The van der Waals surface area contributed by atoms with Gasteiger partial charge in [-0.05, 0) is 25.1 Å². The minimum atomic E-state index is -0.647. The molecule has 20 heavy (non-hydrogen) atoms. The number of hydrogen-bond donors (Lipinski definition) is 1. The zero-order valence-corrected chi connectivity index (χ0v) is 12.7. The summed E-state index contributed by atoms with van der Waals surface area (Å²) in [5, 5.41) is 3.32. The molecule has 5 heteroatoms. The van der Waals surface area contributed by atoms with Gasteiger partial charge in [0.2, 0.25) is 0 Å². The highest BCUT2D eigenvalue weighted by Gasteiger charge is 2.17. The number of carbonyl (C=O) groups excluding carboxylic acids is 1. The van der Waals surface area contributed by atoms with E-state index in [1.165, 1.54) is 7.11 Å². The highest BCUT2D eigenvalue weighted by molar-refractivity contribution is 5.74. The Morgan fingerprint density at radius 3 is 2.50 bits per heavy atom. The molecule has 0 spiro atoms. The van der Waals surface area contributed by atoms with Crippen molar-refractivity contribution in [2.45, 2.75) is 39.5 Å². The average Bonchev–Trinajstić information content (AvgIpc) is 2.44. The molecule has 1 rings (SSSR count). The topological polar surface area (TPSA) is 56.8 Å². The Morgan fingerprint density at radius 1 is 1.25 bits per heavy atom. The molecule has 0 saturated heterocycles. The third kappa shape index (κ3) is 4.74. The molecule has 0 aliphatic carbocycles. The van der Waals surface area contributed by atoms with Crippen LogP contribution in [0.25, 0.3) is 0 Å². The van der Waals surface area contributed by atoms with Gasteiger partial charge in [-0.2, -0.15) is 0 Å². The molecule has 1 atom stereocenters. The van der Waals surface area contributed by atoms with Crippen LogP contribution in [0.5, 0.6) is 11.5 Å². The standard InChI is InChI=1S/C15H23NO4/c1-10(2)16-9-12-8-13(18-4)6-7-14(12)20-11(3)15(17)19-5/h6-8,10-11,16H,9H2,1-5H3. The molecule has 0 aliphatic heterocycles. The molecular weight excluding hydrogens is 258 g/mol. The largest absolute Gasteiger partial charge is 0.497 e. The summed E-state index contributed by atoms with van der Waals surface area (Å²) in [6.45, 7) is 6.43. The predicted molar refractivity (Wildman–Crippen MR) is 77.1 cm³/mol. The Kier molecular flexibility index (Phi) is 6.31. The minimum absolute atomic E-state index is 0.354. The first-order chi connectivity index (χ1) is 9.47. The van der Waals surface area contributed by atoms with Crippen LogP contribution in [-0.4, -0.2) is 32.3 Å². The lowest BCUT2D eigenvalue weighted by Gasteiger charge is -2.17. The summed E-state index contributed by atoms with van der Waals surface area (Å²) in [4.78, 5) is 11.4. The summed E-state index contributed by atoms with van der Waals surface area (Å²) >= 11 is 0. The zero-order chi connectivity index (χ0) is 15.1. The van der Waals surface area contributed by atoms with E-state index >= 15 is 0 Å². The second kappa shape index (κ2) is 7.75. The first-order valence-electron chi connectivity index (χ1n) is 6.62. The Bertz CT molecular complexity index is 445. The monoisotopic (exact) mass is 281 g/mol. The third-order valence-corrected chi connectivity index (χ3v) is 2.81. The van der Waals surface area contributed by atoms with E-state index in [0.717, 1.165) is 11.3 Å². The second-order valence-electron chi connectivity index (χ2n) is 4.79. The smallest absolute Gasteiger partial charge is 0.346 e. The summed E-state index contributed by atoms with van der Waals surface area (Å²) in [6.07, 6.45) is -0.647. The van der Waals surface area contributed by atoms with Crippen molar-refractivity contribution in [3.8, 4) is 11.5 Å². The minimum Gasteiger partial charge on any atom is -0.497 e. The molecule has 1 aromatic rings. The summed E-state index contributed by atoms with van der Waals surface area (Å²) in [5.74, 6) is 1.00. The van der Waals surface area contributed by atoms with E-state index in [1.807, 2.05) is 6.07 Å². The van der Waals surface area contributed by atoms with Crippen LogP contribution < -0.4 is 14.8 Å². The number of methoxy groups -OCH3 is 2. The maximum Gasteiger partial charge on any atom is 0.346 e. The average molecular weight is 281 g/mol. The Balaban J connectivity index is 2.89. The SMILES string of the molecule is COC(=O)C(C)Oc1ccc(OC)cc1CNC(C)C. The van der Waals surface area contributed by atoms with Gasteiger partial charge in [0.1, 0.15) is 11.5 Å². The molecule has 1 N–H and O–H groups in total. The van der Waals surface area contributed by atoms with E-state index in [4.69, 9.17) is 9.47 Å². The van der Waals surface area contributed by atoms with E-state index in [1.54, 1.807) is 26.2 Å². The van der Waals surface area contributed by atoms with Crippen LogP contribution in [0.15, 0.2) is 18.2 Å². The molecule has 0 amide bonds. The van der Waals surface area contributed by atoms with Gasteiger partial charge in [-0.1, -0.05) is 13.8 Å². The van der Waals surface area contributed by atoms with Gasteiger partial charge in [0.15, 0.2) is 6.10 Å². The number of hydrogen-bond acceptors (Lipinski definition) is 5. The van der Waals surface area contributed by atoms with Crippen molar-refractivity contribution in [2.75, 3.05) is 14.2 Å². The number of esters is 1. The normalized spacial score (nSPS) is 12.1. The number of carbonyl (C=O) groups is 1. The van der Waals surface area contributed by atoms with Crippen molar-refractivity contribution < 1.29 is 19.0 Å². The van der Waals surface area contributed by atoms with E-state index in [-0.39, 0.29) is 0 Å². The highest BCUT2D eigenvalue weighted by atomic mass is 16.6. The Morgan fingerprint density at radius 2 is 1.95 bits per heavy atom. The van der Waals surface area contributed by atoms with E-state index in [2.05, 4.69) is 23.9 Å². The molecule has 5 nitrogen and oxygen atoms in total. The molecule has 0 saturated carbocycles. The Hall–Kier alpha value is -1.75. The van der Waals surface area contributed by atoms with Crippen LogP contribution in [0.4, 0.5) is 0 Å². The fourth-order valence-corrected chi connectivity index (χ4v) is 1.65. The van der Waals surface area contributed by atoms with E-state index in [9.17, 15) is 4.79 Å². The summed E-state index contributed by atoms with van der Waals surface area (Å²) in [7, 11) is 2.96. The predicted octanol–water partition coefficient (Wildman–Crippen LogP) is 2.13. The third-order valence-electron chi connectivity index (χ3n) is 2.81. The van der Waals surface area contributed by atoms with Gasteiger partial charge in [0.05, 0.1) is 14.2 Å². The van der Waals surface area contributed by atoms with Crippen LogP contribution in [0.3, 0.4) is 0 Å². The maximum absolute atomic E-state index is 11.4. The van der Waals surface area contributed by atoms with Crippen LogP contribution in [0, 0.1) is 0 Å². The van der Waals surface area contributed by atoms with Gasteiger partial charge >= 0.3 is 5.97 Å². The van der Waals surface area contributed by atoms with Crippen molar-refractivity contribution in [1.29, 1.82) is 0 Å². The molecule has 1 unspecified atom stereocenters. The molecule has 0 bridgehead atoms. The molecule has 0 fully saturated rings.